The van der Waals surface area contributed by atoms with Crippen molar-refractivity contribution in [3.63, 3.8) is 0 Å². The number of piperidine rings is 1. The number of nitrogens with zero attached hydrogens (tertiary/aromatic N) is 3. The first kappa shape index (κ1) is 17.5. The zero-order valence-corrected chi connectivity index (χ0v) is 15.6. The van der Waals surface area contributed by atoms with Gasteiger partial charge in [0, 0.05) is 5.02 Å². The summed E-state index contributed by atoms with van der Waals surface area (Å²) >= 11 is 6.01. The molecule has 2 aliphatic rings. The number of carbonyl (C=O) groups excluding carboxylic acids is 1. The molecule has 1 aromatic heterocycles. The Morgan fingerprint density at radius 3 is 2.65 bits per heavy atom. The van der Waals surface area contributed by atoms with Gasteiger partial charge in [-0.15, -0.1) is 5.10 Å². The lowest BCUT2D eigenvalue weighted by atomic mass is 10.0. The van der Waals surface area contributed by atoms with Crippen molar-refractivity contribution in [2.24, 2.45) is 11.8 Å². The van der Waals surface area contributed by atoms with Gasteiger partial charge in [0.05, 0.1) is 18.3 Å². The second kappa shape index (κ2) is 7.37. The number of nitrogens with one attached hydrogen (secondary N) is 2. The number of carbonyl (C=O) groups is 1. The topological polar surface area (TPSA) is 71.8 Å². The molecule has 4 rings (SSSR count). The van der Waals surface area contributed by atoms with Gasteiger partial charge in [-0.2, -0.15) is 0 Å². The van der Waals surface area contributed by atoms with Crippen molar-refractivity contribution in [3.05, 3.63) is 46.7 Å². The third-order valence-electron chi connectivity index (χ3n) is 5.54. The average Bonchev–Trinajstić information content (AvgIpc) is 3.18. The molecule has 0 spiro atoms. The largest absolute Gasteiger partial charge is 0.343 e. The van der Waals surface area contributed by atoms with Crippen molar-refractivity contribution >= 4 is 17.5 Å². The summed E-state index contributed by atoms with van der Waals surface area (Å²) in [6.45, 7) is 4.17. The zero-order chi connectivity index (χ0) is 18.1. The van der Waals surface area contributed by atoms with Crippen LogP contribution in [0.2, 0.25) is 5.02 Å². The summed E-state index contributed by atoms with van der Waals surface area (Å²) in [5.41, 5.74) is 1.47. The minimum Gasteiger partial charge on any atom is -0.343 e. The lowest BCUT2D eigenvalue weighted by Crippen LogP contribution is -2.31. The van der Waals surface area contributed by atoms with Crippen LogP contribution >= 0.6 is 11.6 Å². The Kier molecular flexibility index (Phi) is 4.96. The van der Waals surface area contributed by atoms with Gasteiger partial charge in [0.2, 0.25) is 0 Å². The first-order valence-electron chi connectivity index (χ1n) is 9.30. The molecule has 1 aromatic carbocycles. The molecule has 6 nitrogen and oxygen atoms in total. The first-order chi connectivity index (χ1) is 12.6. The van der Waals surface area contributed by atoms with E-state index in [1.165, 1.54) is 0 Å². The molecular weight excluding hydrogens is 350 g/mol. The number of rotatable bonds is 5. The second-order valence-electron chi connectivity index (χ2n) is 7.44. The minimum absolute atomic E-state index is 0.0150. The van der Waals surface area contributed by atoms with E-state index in [2.05, 4.69) is 27.9 Å². The van der Waals surface area contributed by atoms with E-state index in [1.54, 1.807) is 6.20 Å². The van der Waals surface area contributed by atoms with E-state index >= 15 is 0 Å². The zero-order valence-electron chi connectivity index (χ0n) is 14.9. The van der Waals surface area contributed by atoms with Gasteiger partial charge in [0.15, 0.2) is 5.69 Å². The maximum atomic E-state index is 12.8. The van der Waals surface area contributed by atoms with E-state index in [0.29, 0.717) is 28.6 Å². The Morgan fingerprint density at radius 2 is 2.00 bits per heavy atom. The van der Waals surface area contributed by atoms with Gasteiger partial charge < -0.3 is 10.6 Å². The highest BCUT2D eigenvalue weighted by molar-refractivity contribution is 6.30. The van der Waals surface area contributed by atoms with Crippen molar-refractivity contribution in [1.29, 1.82) is 0 Å². The fourth-order valence-corrected chi connectivity index (χ4v) is 3.89. The van der Waals surface area contributed by atoms with E-state index in [-0.39, 0.29) is 11.9 Å². The monoisotopic (exact) mass is 373 g/mol. The van der Waals surface area contributed by atoms with Crippen LogP contribution in [0.15, 0.2) is 30.5 Å². The Hall–Kier alpha value is -1.92. The van der Waals surface area contributed by atoms with Crippen LogP contribution in [0.4, 0.5) is 0 Å². The van der Waals surface area contributed by atoms with Crippen molar-refractivity contribution < 1.29 is 4.79 Å². The third kappa shape index (κ3) is 3.76. The Bertz CT molecular complexity index is 768. The predicted molar refractivity (Wildman–Crippen MR) is 100 cm³/mol. The lowest BCUT2D eigenvalue weighted by Gasteiger charge is -2.22. The quantitative estimate of drug-likeness (QED) is 0.845. The van der Waals surface area contributed by atoms with Gasteiger partial charge in [-0.25, -0.2) is 4.68 Å². The molecule has 3 atom stereocenters. The first-order valence-corrected chi connectivity index (χ1v) is 9.68. The summed E-state index contributed by atoms with van der Waals surface area (Å²) < 4.78 is 1.84. The van der Waals surface area contributed by atoms with E-state index in [1.807, 2.05) is 28.9 Å². The van der Waals surface area contributed by atoms with Gasteiger partial charge in [0.25, 0.3) is 5.91 Å². The molecular formula is C19H24ClN5O. The summed E-state index contributed by atoms with van der Waals surface area (Å²) in [5, 5.41) is 15.5. The highest BCUT2D eigenvalue weighted by Gasteiger charge is 2.41. The minimum atomic E-state index is -0.163. The highest BCUT2D eigenvalue weighted by atomic mass is 35.5. The molecule has 1 saturated carbocycles. The summed E-state index contributed by atoms with van der Waals surface area (Å²) in [4.78, 5) is 12.8. The Balaban J connectivity index is 1.48. The van der Waals surface area contributed by atoms with E-state index in [9.17, 15) is 4.79 Å². The second-order valence-corrected chi connectivity index (χ2v) is 7.88. The van der Waals surface area contributed by atoms with Crippen molar-refractivity contribution in [3.8, 4) is 0 Å². The molecule has 0 radical (unpaired) electrons. The molecule has 2 N–H and O–H groups in total. The van der Waals surface area contributed by atoms with Crippen LogP contribution in [-0.4, -0.2) is 34.0 Å². The van der Waals surface area contributed by atoms with E-state index in [4.69, 9.17) is 11.6 Å². The number of amides is 1. The van der Waals surface area contributed by atoms with Crippen LogP contribution < -0.4 is 10.6 Å². The van der Waals surface area contributed by atoms with Gasteiger partial charge in [-0.1, -0.05) is 35.9 Å². The van der Waals surface area contributed by atoms with Gasteiger partial charge >= 0.3 is 0 Å². The Morgan fingerprint density at radius 1 is 1.31 bits per heavy atom. The van der Waals surface area contributed by atoms with Crippen molar-refractivity contribution in [2.45, 2.75) is 38.3 Å². The molecule has 138 valence electrons. The number of hydrogen-bond acceptors (Lipinski definition) is 4. The molecule has 1 aliphatic heterocycles. The number of benzene rings is 1. The smallest absolute Gasteiger partial charge is 0.273 e. The van der Waals surface area contributed by atoms with E-state index in [0.717, 1.165) is 37.9 Å². The third-order valence-corrected chi connectivity index (χ3v) is 5.79. The normalized spacial score (nSPS) is 24.2. The number of halogens is 1. The SMILES string of the molecule is C[C@@H]1C[C@H]1[C@@H](NC(=O)c1cn(C2CCNCC2)nn1)c1ccc(Cl)cc1. The van der Waals surface area contributed by atoms with Crippen molar-refractivity contribution in [2.75, 3.05) is 13.1 Å². The van der Waals surface area contributed by atoms with Gasteiger partial charge in [-0.05, 0) is 61.9 Å². The maximum absolute atomic E-state index is 12.8. The molecule has 1 aliphatic carbocycles. The molecule has 2 heterocycles. The summed E-state index contributed by atoms with van der Waals surface area (Å²) in [5.74, 6) is 0.908. The molecule has 1 saturated heterocycles. The van der Waals surface area contributed by atoms with Crippen LogP contribution in [0.5, 0.6) is 0 Å². The van der Waals surface area contributed by atoms with Gasteiger partial charge in [-0.3, -0.25) is 4.79 Å². The van der Waals surface area contributed by atoms with Crippen LogP contribution in [0, 0.1) is 11.8 Å². The lowest BCUT2D eigenvalue weighted by molar-refractivity contribution is 0.0925. The molecule has 2 aromatic rings. The molecule has 26 heavy (non-hydrogen) atoms. The molecule has 0 bridgehead atoms. The fourth-order valence-electron chi connectivity index (χ4n) is 3.77. The van der Waals surface area contributed by atoms with Crippen LogP contribution in [0.3, 0.4) is 0 Å². The molecule has 0 unspecified atom stereocenters. The van der Waals surface area contributed by atoms with Crippen LogP contribution in [0.1, 0.15) is 54.3 Å². The van der Waals surface area contributed by atoms with Crippen molar-refractivity contribution in [1.82, 2.24) is 25.6 Å². The average molecular weight is 374 g/mol. The van der Waals surface area contributed by atoms with Gasteiger partial charge in [0.1, 0.15) is 0 Å². The summed E-state index contributed by atoms with van der Waals surface area (Å²) in [6.07, 6.45) is 4.92. The predicted octanol–water partition coefficient (Wildman–Crippen LogP) is 2.98. The molecule has 2 fully saturated rings. The molecule has 1 amide bonds. The fraction of sp³-hybridized carbons (Fsp3) is 0.526. The van der Waals surface area contributed by atoms with Crippen LogP contribution in [-0.2, 0) is 0 Å². The summed E-state index contributed by atoms with van der Waals surface area (Å²) in [7, 11) is 0. The Labute approximate surface area is 158 Å². The number of hydrogen-bond donors (Lipinski definition) is 2. The number of aromatic nitrogens is 3. The highest BCUT2D eigenvalue weighted by Crippen LogP contribution is 2.47. The van der Waals surface area contributed by atoms with Crippen LogP contribution in [0.25, 0.3) is 0 Å². The summed E-state index contributed by atoms with van der Waals surface area (Å²) in [6, 6.07) is 8.03. The maximum Gasteiger partial charge on any atom is 0.273 e. The van der Waals surface area contributed by atoms with E-state index < -0.39 is 0 Å². The standard InChI is InChI=1S/C19H24ClN5O/c1-12-10-16(12)18(13-2-4-14(20)5-3-13)22-19(26)17-11-25(24-23-17)15-6-8-21-9-7-15/h2-5,11-12,15-16,18,21H,6-10H2,1H3,(H,22,26)/t12-,16-,18+/m1/s1. The molecule has 7 heteroatoms.